The number of rotatable bonds is 1. The lowest BCUT2D eigenvalue weighted by Gasteiger charge is -2.37. The van der Waals surface area contributed by atoms with Crippen molar-refractivity contribution in [2.45, 2.75) is 30.7 Å². The maximum Gasteiger partial charge on any atom is 0.184 e. The standard InChI is InChI=1S/C6H12O6/c7-1-2-3(8)4(9)5(10)6(11)12-2/h2-11H,1H2/t2-,3-,4-,5+,6+/m0/s1. The molecular formula is C6H12O6. The Morgan fingerprint density at radius 3 is 2.00 bits per heavy atom. The summed E-state index contributed by atoms with van der Waals surface area (Å²) in [4.78, 5) is 0. The summed E-state index contributed by atoms with van der Waals surface area (Å²) in [5.41, 5.74) is 0. The van der Waals surface area contributed by atoms with Crippen molar-refractivity contribution >= 4 is 0 Å². The van der Waals surface area contributed by atoms with Crippen LogP contribution in [-0.4, -0.2) is 62.8 Å². The molecule has 1 aliphatic rings. The van der Waals surface area contributed by atoms with Gasteiger partial charge in [0.05, 0.1) is 6.61 Å². The van der Waals surface area contributed by atoms with Crippen LogP contribution in [0.4, 0.5) is 0 Å². The zero-order valence-electron chi connectivity index (χ0n) is 6.24. The Labute approximate surface area is 68.6 Å². The van der Waals surface area contributed by atoms with Crippen LogP contribution in [0.15, 0.2) is 0 Å². The van der Waals surface area contributed by atoms with Gasteiger partial charge in [-0.15, -0.1) is 0 Å². The first-order chi connectivity index (χ1) is 5.57. The first-order valence-electron chi connectivity index (χ1n) is 3.56. The zero-order valence-corrected chi connectivity index (χ0v) is 6.24. The first-order valence-corrected chi connectivity index (χ1v) is 3.56. The van der Waals surface area contributed by atoms with E-state index >= 15 is 0 Å². The third-order valence-corrected chi connectivity index (χ3v) is 1.87. The molecule has 0 aromatic rings. The SMILES string of the molecule is OC[C@@H]1O[C@@H](O)[C@H](O)[C@@H](O)[C@H]1O. The van der Waals surface area contributed by atoms with E-state index in [0.29, 0.717) is 0 Å². The molecule has 72 valence electrons. The third-order valence-electron chi connectivity index (χ3n) is 1.87. The lowest BCUT2D eigenvalue weighted by Crippen LogP contribution is -2.58. The Balaban J connectivity index is 2.63. The van der Waals surface area contributed by atoms with Crippen LogP contribution < -0.4 is 0 Å². The first kappa shape index (κ1) is 9.85. The van der Waals surface area contributed by atoms with Gasteiger partial charge in [-0.05, 0) is 0 Å². The molecule has 0 aliphatic carbocycles. The van der Waals surface area contributed by atoms with Crippen LogP contribution in [0.3, 0.4) is 0 Å². The molecule has 0 amide bonds. The van der Waals surface area contributed by atoms with Crippen molar-refractivity contribution in [1.29, 1.82) is 0 Å². The maximum atomic E-state index is 9.12. The number of ether oxygens (including phenoxy) is 1. The van der Waals surface area contributed by atoms with E-state index in [-0.39, 0.29) is 0 Å². The Kier molecular flexibility index (Phi) is 2.99. The van der Waals surface area contributed by atoms with Crippen molar-refractivity contribution in [3.63, 3.8) is 0 Å². The highest BCUT2D eigenvalue weighted by molar-refractivity contribution is 4.87. The Bertz CT molecular complexity index is 146. The summed E-state index contributed by atoms with van der Waals surface area (Å²) in [5, 5.41) is 44.7. The van der Waals surface area contributed by atoms with E-state index in [0.717, 1.165) is 0 Å². The second-order valence-corrected chi connectivity index (χ2v) is 2.72. The molecule has 0 unspecified atom stereocenters. The van der Waals surface area contributed by atoms with Gasteiger partial charge in [0.25, 0.3) is 0 Å². The van der Waals surface area contributed by atoms with Crippen molar-refractivity contribution in [3.8, 4) is 0 Å². The molecule has 0 radical (unpaired) electrons. The molecule has 5 N–H and O–H groups in total. The van der Waals surface area contributed by atoms with Gasteiger partial charge in [0.2, 0.25) is 0 Å². The average Bonchev–Trinajstić information content (AvgIpc) is 2.08. The number of hydrogen-bond donors (Lipinski definition) is 5. The quantitative estimate of drug-likeness (QED) is 0.290. The molecule has 0 bridgehead atoms. The van der Waals surface area contributed by atoms with E-state index in [1.165, 1.54) is 0 Å². The molecule has 1 rings (SSSR count). The Hall–Kier alpha value is -0.240. The van der Waals surface area contributed by atoms with Crippen LogP contribution in [0.25, 0.3) is 0 Å². The molecule has 0 aromatic carbocycles. The van der Waals surface area contributed by atoms with Crippen LogP contribution in [0, 0.1) is 0 Å². The van der Waals surface area contributed by atoms with E-state index in [4.69, 9.17) is 25.5 Å². The fourth-order valence-electron chi connectivity index (χ4n) is 1.08. The van der Waals surface area contributed by atoms with Crippen LogP contribution in [0.2, 0.25) is 0 Å². The largest absolute Gasteiger partial charge is 0.394 e. The number of aliphatic hydroxyl groups excluding tert-OH is 5. The summed E-state index contributed by atoms with van der Waals surface area (Å²) in [6.07, 6.45) is -7.04. The van der Waals surface area contributed by atoms with Crippen LogP contribution in [0.5, 0.6) is 0 Å². The molecule has 1 heterocycles. The monoisotopic (exact) mass is 180 g/mol. The number of aliphatic hydroxyl groups is 5. The van der Waals surface area contributed by atoms with Crippen molar-refractivity contribution in [3.05, 3.63) is 0 Å². The van der Waals surface area contributed by atoms with E-state index < -0.39 is 37.3 Å². The molecule has 0 saturated carbocycles. The van der Waals surface area contributed by atoms with Gasteiger partial charge in [0.1, 0.15) is 24.4 Å². The van der Waals surface area contributed by atoms with Gasteiger partial charge in [-0.1, -0.05) is 0 Å². The van der Waals surface area contributed by atoms with Gasteiger partial charge in [0, 0.05) is 0 Å². The summed E-state index contributed by atoms with van der Waals surface area (Å²) < 4.78 is 4.58. The van der Waals surface area contributed by atoms with E-state index in [1.807, 2.05) is 0 Å². The lowest BCUT2D eigenvalue weighted by molar-refractivity contribution is -0.286. The molecule has 5 atom stereocenters. The van der Waals surface area contributed by atoms with E-state index in [1.54, 1.807) is 0 Å². The highest BCUT2D eigenvalue weighted by atomic mass is 16.6. The molecule has 6 heteroatoms. The topological polar surface area (TPSA) is 110 Å². The minimum absolute atomic E-state index is 0.526. The Morgan fingerprint density at radius 1 is 0.917 bits per heavy atom. The van der Waals surface area contributed by atoms with Gasteiger partial charge in [-0.3, -0.25) is 0 Å². The highest BCUT2D eigenvalue weighted by Crippen LogP contribution is 2.18. The van der Waals surface area contributed by atoms with Gasteiger partial charge in [-0.2, -0.15) is 0 Å². The smallest absolute Gasteiger partial charge is 0.184 e. The summed E-state index contributed by atoms with van der Waals surface area (Å²) in [7, 11) is 0. The second kappa shape index (κ2) is 3.65. The van der Waals surface area contributed by atoms with Crippen LogP contribution in [-0.2, 0) is 4.74 Å². The highest BCUT2D eigenvalue weighted by Gasteiger charge is 2.42. The molecule has 1 fully saturated rings. The third kappa shape index (κ3) is 1.58. The van der Waals surface area contributed by atoms with Gasteiger partial charge >= 0.3 is 0 Å². The Morgan fingerprint density at radius 2 is 1.50 bits per heavy atom. The molecule has 6 nitrogen and oxygen atoms in total. The average molecular weight is 180 g/mol. The predicted molar refractivity (Wildman–Crippen MR) is 36.0 cm³/mol. The molecule has 0 spiro atoms. The second-order valence-electron chi connectivity index (χ2n) is 2.72. The predicted octanol–water partition coefficient (Wildman–Crippen LogP) is -3.22. The molecule has 12 heavy (non-hydrogen) atoms. The fourth-order valence-corrected chi connectivity index (χ4v) is 1.08. The maximum absolute atomic E-state index is 9.12. The van der Waals surface area contributed by atoms with Crippen molar-refractivity contribution in [2.75, 3.05) is 6.61 Å². The summed E-state index contributed by atoms with van der Waals surface area (Å²) >= 11 is 0. The van der Waals surface area contributed by atoms with Crippen molar-refractivity contribution in [1.82, 2.24) is 0 Å². The minimum atomic E-state index is -1.57. The molecule has 1 aliphatic heterocycles. The summed E-state index contributed by atoms with van der Waals surface area (Å²) in [5.74, 6) is 0. The minimum Gasteiger partial charge on any atom is -0.394 e. The summed E-state index contributed by atoms with van der Waals surface area (Å²) in [6, 6.07) is 0. The van der Waals surface area contributed by atoms with Gasteiger partial charge < -0.3 is 30.3 Å². The number of hydrogen-bond acceptors (Lipinski definition) is 6. The molecular weight excluding hydrogens is 168 g/mol. The lowest BCUT2D eigenvalue weighted by atomic mass is 10.00. The zero-order chi connectivity index (χ0) is 9.30. The van der Waals surface area contributed by atoms with Crippen LogP contribution in [0.1, 0.15) is 0 Å². The fraction of sp³-hybridized carbons (Fsp3) is 1.00. The molecule has 0 aromatic heterocycles. The normalized spacial score (nSPS) is 49.2. The van der Waals surface area contributed by atoms with E-state index in [2.05, 4.69) is 4.74 Å². The molecule has 1 saturated heterocycles. The van der Waals surface area contributed by atoms with Gasteiger partial charge in [0.15, 0.2) is 6.29 Å². The van der Waals surface area contributed by atoms with E-state index in [9.17, 15) is 0 Å². The van der Waals surface area contributed by atoms with Crippen molar-refractivity contribution in [2.24, 2.45) is 0 Å². The summed E-state index contributed by atoms with van der Waals surface area (Å²) in [6.45, 7) is -0.526. The van der Waals surface area contributed by atoms with Gasteiger partial charge in [-0.25, -0.2) is 0 Å². The van der Waals surface area contributed by atoms with Crippen LogP contribution >= 0.6 is 0 Å². The van der Waals surface area contributed by atoms with Crippen molar-refractivity contribution < 1.29 is 30.3 Å².